The topological polar surface area (TPSA) is 38.3 Å². The Labute approximate surface area is 115 Å². The summed E-state index contributed by atoms with van der Waals surface area (Å²) in [6.07, 6.45) is 4.45. The third-order valence-electron chi connectivity index (χ3n) is 4.08. The van der Waals surface area contributed by atoms with E-state index < -0.39 is 0 Å². The maximum atomic E-state index is 12.0. The fraction of sp³-hybridized carbons (Fsp3) is 0.562. The minimum atomic E-state index is 0.192. The second kappa shape index (κ2) is 6.09. The molecule has 1 amide bonds. The van der Waals surface area contributed by atoms with Crippen molar-refractivity contribution in [2.75, 3.05) is 7.11 Å². The van der Waals surface area contributed by atoms with Crippen molar-refractivity contribution in [3.05, 3.63) is 28.8 Å². The monoisotopic (exact) mass is 261 g/mol. The van der Waals surface area contributed by atoms with Crippen LogP contribution in [0, 0.1) is 19.8 Å². The zero-order valence-electron chi connectivity index (χ0n) is 12.1. The SMILES string of the molecule is COc1cc(C)c(C)cc1CNC(=O)C1CCCC1. The van der Waals surface area contributed by atoms with Gasteiger partial charge in [-0.25, -0.2) is 0 Å². The lowest BCUT2D eigenvalue weighted by molar-refractivity contribution is -0.124. The Morgan fingerprint density at radius 1 is 1.26 bits per heavy atom. The fourth-order valence-electron chi connectivity index (χ4n) is 2.69. The van der Waals surface area contributed by atoms with Gasteiger partial charge in [-0.2, -0.15) is 0 Å². The Morgan fingerprint density at radius 3 is 2.53 bits per heavy atom. The smallest absolute Gasteiger partial charge is 0.223 e. The van der Waals surface area contributed by atoms with E-state index in [0.29, 0.717) is 6.54 Å². The van der Waals surface area contributed by atoms with Gasteiger partial charge in [-0.1, -0.05) is 18.9 Å². The molecule has 0 heterocycles. The quantitative estimate of drug-likeness (QED) is 0.904. The van der Waals surface area contributed by atoms with Gasteiger partial charge in [0.25, 0.3) is 0 Å². The van der Waals surface area contributed by atoms with Crippen LogP contribution in [0.25, 0.3) is 0 Å². The van der Waals surface area contributed by atoms with Crippen molar-refractivity contribution in [3.63, 3.8) is 0 Å². The molecule has 1 aliphatic rings. The molecule has 0 aliphatic heterocycles. The zero-order chi connectivity index (χ0) is 13.8. The lowest BCUT2D eigenvalue weighted by Gasteiger charge is -2.14. The van der Waals surface area contributed by atoms with Gasteiger partial charge in [0.05, 0.1) is 7.11 Å². The fourth-order valence-corrected chi connectivity index (χ4v) is 2.69. The second-order valence-electron chi connectivity index (χ2n) is 5.45. The van der Waals surface area contributed by atoms with Gasteiger partial charge in [0, 0.05) is 18.0 Å². The molecule has 1 aromatic rings. The van der Waals surface area contributed by atoms with Crippen LogP contribution in [0.15, 0.2) is 12.1 Å². The first-order valence-corrected chi connectivity index (χ1v) is 7.03. The molecule has 1 aliphatic carbocycles. The number of hydrogen-bond donors (Lipinski definition) is 1. The van der Waals surface area contributed by atoms with Gasteiger partial charge < -0.3 is 10.1 Å². The Morgan fingerprint density at radius 2 is 1.89 bits per heavy atom. The number of rotatable bonds is 4. The van der Waals surface area contributed by atoms with Crippen molar-refractivity contribution < 1.29 is 9.53 Å². The van der Waals surface area contributed by atoms with Crippen LogP contribution in [0.1, 0.15) is 42.4 Å². The lowest BCUT2D eigenvalue weighted by Crippen LogP contribution is -2.28. The number of nitrogens with one attached hydrogen (secondary N) is 1. The van der Waals surface area contributed by atoms with Crippen LogP contribution >= 0.6 is 0 Å². The van der Waals surface area contributed by atoms with Crippen LogP contribution < -0.4 is 10.1 Å². The maximum Gasteiger partial charge on any atom is 0.223 e. The van der Waals surface area contributed by atoms with E-state index in [-0.39, 0.29) is 11.8 Å². The molecule has 1 N–H and O–H groups in total. The number of amides is 1. The van der Waals surface area contributed by atoms with Crippen molar-refractivity contribution in [2.45, 2.75) is 46.1 Å². The second-order valence-corrected chi connectivity index (χ2v) is 5.45. The normalized spacial score (nSPS) is 15.5. The highest BCUT2D eigenvalue weighted by molar-refractivity contribution is 5.78. The van der Waals surface area contributed by atoms with Crippen LogP contribution in [-0.2, 0) is 11.3 Å². The molecule has 3 heteroatoms. The van der Waals surface area contributed by atoms with Gasteiger partial charge in [-0.05, 0) is 43.9 Å². The minimum absolute atomic E-state index is 0.192. The number of carbonyl (C=O) groups excluding carboxylic acids is 1. The Bertz CT molecular complexity index is 462. The van der Waals surface area contributed by atoms with Gasteiger partial charge in [-0.15, -0.1) is 0 Å². The molecular formula is C16H23NO2. The van der Waals surface area contributed by atoms with E-state index in [9.17, 15) is 4.79 Å². The summed E-state index contributed by atoms with van der Waals surface area (Å²) in [5.74, 6) is 1.27. The van der Waals surface area contributed by atoms with Crippen LogP contribution in [0.4, 0.5) is 0 Å². The standard InChI is InChI=1S/C16H23NO2/c1-11-8-14(15(19-3)9-12(11)2)10-17-16(18)13-6-4-5-7-13/h8-9,13H,4-7,10H2,1-3H3,(H,17,18). The highest BCUT2D eigenvalue weighted by atomic mass is 16.5. The molecule has 0 bridgehead atoms. The van der Waals surface area contributed by atoms with Crippen LogP contribution in [0.5, 0.6) is 5.75 Å². The van der Waals surface area contributed by atoms with E-state index in [1.165, 1.54) is 24.0 Å². The van der Waals surface area contributed by atoms with Gasteiger partial charge in [0.15, 0.2) is 0 Å². The first-order valence-electron chi connectivity index (χ1n) is 7.03. The molecule has 1 fully saturated rings. The van der Waals surface area contributed by atoms with Crippen LogP contribution in [-0.4, -0.2) is 13.0 Å². The predicted octanol–water partition coefficient (Wildman–Crippen LogP) is 3.12. The number of ether oxygens (including phenoxy) is 1. The number of hydrogen-bond acceptors (Lipinski definition) is 2. The number of carbonyl (C=O) groups is 1. The molecular weight excluding hydrogens is 238 g/mol. The number of aryl methyl sites for hydroxylation is 2. The molecule has 1 saturated carbocycles. The molecule has 2 rings (SSSR count). The van der Waals surface area contributed by atoms with E-state index >= 15 is 0 Å². The highest BCUT2D eigenvalue weighted by Gasteiger charge is 2.22. The molecule has 104 valence electrons. The van der Waals surface area contributed by atoms with Gasteiger partial charge in [-0.3, -0.25) is 4.79 Å². The Balaban J connectivity index is 2.02. The molecule has 3 nitrogen and oxygen atoms in total. The molecule has 0 spiro atoms. The summed E-state index contributed by atoms with van der Waals surface area (Å²) in [6.45, 7) is 4.70. The summed E-state index contributed by atoms with van der Waals surface area (Å²) in [5, 5.41) is 3.04. The van der Waals surface area contributed by atoms with Crippen molar-refractivity contribution in [1.82, 2.24) is 5.32 Å². The summed E-state index contributed by atoms with van der Waals surface area (Å²) in [4.78, 5) is 12.0. The third kappa shape index (κ3) is 3.28. The van der Waals surface area contributed by atoms with Crippen LogP contribution in [0.3, 0.4) is 0 Å². The largest absolute Gasteiger partial charge is 0.496 e. The summed E-state index contributed by atoms with van der Waals surface area (Å²) < 4.78 is 5.39. The molecule has 0 radical (unpaired) electrons. The summed E-state index contributed by atoms with van der Waals surface area (Å²) in [7, 11) is 1.67. The number of benzene rings is 1. The van der Waals surface area contributed by atoms with Crippen molar-refractivity contribution in [1.29, 1.82) is 0 Å². The highest BCUT2D eigenvalue weighted by Crippen LogP contribution is 2.26. The van der Waals surface area contributed by atoms with E-state index in [2.05, 4.69) is 25.2 Å². The third-order valence-corrected chi connectivity index (χ3v) is 4.08. The minimum Gasteiger partial charge on any atom is -0.496 e. The van der Waals surface area contributed by atoms with Gasteiger partial charge >= 0.3 is 0 Å². The first-order chi connectivity index (χ1) is 9.11. The van der Waals surface area contributed by atoms with E-state index in [1.54, 1.807) is 7.11 Å². The molecule has 0 aromatic heterocycles. The molecule has 19 heavy (non-hydrogen) atoms. The summed E-state index contributed by atoms with van der Waals surface area (Å²) in [6, 6.07) is 4.13. The number of methoxy groups -OCH3 is 1. The van der Waals surface area contributed by atoms with E-state index in [1.807, 2.05) is 6.07 Å². The average Bonchev–Trinajstić information content (AvgIpc) is 2.93. The molecule has 0 unspecified atom stereocenters. The van der Waals surface area contributed by atoms with Crippen molar-refractivity contribution in [2.24, 2.45) is 5.92 Å². The van der Waals surface area contributed by atoms with Gasteiger partial charge in [0.1, 0.15) is 5.75 Å². The molecule has 0 saturated heterocycles. The van der Waals surface area contributed by atoms with Crippen LogP contribution in [0.2, 0.25) is 0 Å². The average molecular weight is 261 g/mol. The lowest BCUT2D eigenvalue weighted by atomic mass is 10.0. The molecule has 0 atom stereocenters. The molecule has 1 aromatic carbocycles. The van der Waals surface area contributed by atoms with E-state index in [0.717, 1.165) is 24.2 Å². The maximum absolute atomic E-state index is 12.0. The Hall–Kier alpha value is -1.51. The first kappa shape index (κ1) is 13.9. The van der Waals surface area contributed by atoms with E-state index in [4.69, 9.17) is 4.74 Å². The van der Waals surface area contributed by atoms with Crippen molar-refractivity contribution in [3.8, 4) is 5.75 Å². The summed E-state index contributed by atoms with van der Waals surface area (Å²) >= 11 is 0. The van der Waals surface area contributed by atoms with Gasteiger partial charge in [0.2, 0.25) is 5.91 Å². The predicted molar refractivity (Wildman–Crippen MR) is 76.3 cm³/mol. The van der Waals surface area contributed by atoms with Crippen molar-refractivity contribution >= 4 is 5.91 Å². The zero-order valence-corrected chi connectivity index (χ0v) is 12.1. The Kier molecular flexibility index (Phi) is 4.46. The summed E-state index contributed by atoms with van der Waals surface area (Å²) in [5.41, 5.74) is 3.49.